The Morgan fingerprint density at radius 3 is 2.62 bits per heavy atom. The summed E-state index contributed by atoms with van der Waals surface area (Å²) in [6, 6.07) is 17.6. The quantitative estimate of drug-likeness (QED) is 0.697. The maximum Gasteiger partial charge on any atom is 0.254 e. The number of hydrogen-bond donors (Lipinski definition) is 0. The molecule has 0 bridgehead atoms. The van der Waals surface area contributed by atoms with Crippen LogP contribution in [0.5, 0.6) is 0 Å². The summed E-state index contributed by atoms with van der Waals surface area (Å²) in [6.45, 7) is 1.31. The molecule has 2 aromatic carbocycles. The Balaban J connectivity index is 1.43. The van der Waals surface area contributed by atoms with Crippen LogP contribution in [0.25, 0.3) is 11.3 Å². The molecule has 6 heteroatoms. The zero-order chi connectivity index (χ0) is 16.5. The van der Waals surface area contributed by atoms with Gasteiger partial charge in [0.05, 0.1) is 12.2 Å². The third kappa shape index (κ3) is 2.85. The summed E-state index contributed by atoms with van der Waals surface area (Å²) in [6.07, 6.45) is 1.95. The van der Waals surface area contributed by atoms with Crippen molar-refractivity contribution in [2.24, 2.45) is 0 Å². The highest BCUT2D eigenvalue weighted by Gasteiger charge is 2.33. The summed E-state index contributed by atoms with van der Waals surface area (Å²) in [4.78, 5) is 14.3. The molecule has 0 spiro atoms. The van der Waals surface area contributed by atoms with E-state index in [1.165, 1.54) is 0 Å². The molecule has 3 aromatic rings. The molecule has 1 aliphatic rings. The fourth-order valence-electron chi connectivity index (χ4n) is 2.79. The smallest absolute Gasteiger partial charge is 0.254 e. The van der Waals surface area contributed by atoms with Gasteiger partial charge in [-0.2, -0.15) is 0 Å². The molecule has 0 N–H and O–H groups in total. The molecule has 0 saturated carbocycles. The van der Waals surface area contributed by atoms with Crippen LogP contribution in [0.1, 0.15) is 16.4 Å². The van der Waals surface area contributed by atoms with Gasteiger partial charge in [-0.15, -0.1) is 5.10 Å². The maximum absolute atomic E-state index is 12.4. The number of benzene rings is 2. The number of aromatic nitrogens is 3. The Morgan fingerprint density at radius 2 is 1.88 bits per heavy atom. The van der Waals surface area contributed by atoms with E-state index in [1.54, 1.807) is 0 Å². The molecule has 4 rings (SSSR count). The van der Waals surface area contributed by atoms with Crippen molar-refractivity contribution >= 4 is 21.8 Å². The van der Waals surface area contributed by atoms with Crippen molar-refractivity contribution in [3.8, 4) is 11.3 Å². The summed E-state index contributed by atoms with van der Waals surface area (Å²) < 4.78 is 2.77. The van der Waals surface area contributed by atoms with E-state index in [4.69, 9.17) is 0 Å². The van der Waals surface area contributed by atoms with Crippen LogP contribution in [0, 0.1) is 0 Å². The van der Waals surface area contributed by atoms with Gasteiger partial charge in [-0.3, -0.25) is 4.79 Å². The molecule has 2 heterocycles. The lowest BCUT2D eigenvalue weighted by molar-refractivity contribution is 0.0498. The van der Waals surface area contributed by atoms with Crippen LogP contribution >= 0.6 is 15.9 Å². The van der Waals surface area contributed by atoms with Crippen molar-refractivity contribution in [1.29, 1.82) is 0 Å². The van der Waals surface area contributed by atoms with E-state index in [9.17, 15) is 4.79 Å². The lowest BCUT2D eigenvalue weighted by Crippen LogP contribution is -2.50. The van der Waals surface area contributed by atoms with Gasteiger partial charge in [0.25, 0.3) is 5.91 Å². The third-order valence-electron chi connectivity index (χ3n) is 4.18. The van der Waals surface area contributed by atoms with Crippen molar-refractivity contribution in [3.63, 3.8) is 0 Å². The number of likely N-dealkylation sites (tertiary alicyclic amines) is 1. The Morgan fingerprint density at radius 1 is 1.08 bits per heavy atom. The Kier molecular flexibility index (Phi) is 3.90. The molecule has 1 aliphatic heterocycles. The van der Waals surface area contributed by atoms with Crippen molar-refractivity contribution in [1.82, 2.24) is 19.9 Å². The van der Waals surface area contributed by atoms with Crippen LogP contribution in [-0.4, -0.2) is 38.9 Å². The molecule has 24 heavy (non-hydrogen) atoms. The molecule has 0 atom stereocenters. The molecular formula is C18H15BrN4O. The summed E-state index contributed by atoms with van der Waals surface area (Å²) in [7, 11) is 0. The molecule has 1 amide bonds. The lowest BCUT2D eigenvalue weighted by atomic mass is 10.1. The van der Waals surface area contributed by atoms with Gasteiger partial charge in [0, 0.05) is 28.7 Å². The minimum absolute atomic E-state index is 0.0518. The third-order valence-corrected chi connectivity index (χ3v) is 4.67. The average molecular weight is 383 g/mol. The van der Waals surface area contributed by atoms with Crippen LogP contribution in [-0.2, 0) is 0 Å². The Hall–Kier alpha value is -2.47. The first kappa shape index (κ1) is 15.1. The standard InChI is InChI=1S/C18H15BrN4O/c19-15-8-4-7-14(9-15)18(24)22-10-16(11-22)23-12-17(20-21-23)13-5-2-1-3-6-13/h1-9,12,16H,10-11H2. The van der Waals surface area contributed by atoms with Gasteiger partial charge >= 0.3 is 0 Å². The summed E-state index contributed by atoms with van der Waals surface area (Å²) >= 11 is 3.40. The number of nitrogens with zero attached hydrogens (tertiary/aromatic N) is 4. The van der Waals surface area contributed by atoms with Gasteiger partial charge in [0.2, 0.25) is 0 Å². The van der Waals surface area contributed by atoms with E-state index in [0.717, 1.165) is 15.7 Å². The molecule has 0 unspecified atom stereocenters. The van der Waals surface area contributed by atoms with Gasteiger partial charge in [-0.25, -0.2) is 4.68 Å². The van der Waals surface area contributed by atoms with Crippen molar-refractivity contribution < 1.29 is 4.79 Å². The molecule has 1 fully saturated rings. The van der Waals surface area contributed by atoms with Gasteiger partial charge in [0.15, 0.2) is 0 Å². The fraction of sp³-hybridized carbons (Fsp3) is 0.167. The van der Waals surface area contributed by atoms with E-state index in [1.807, 2.05) is 70.4 Å². The zero-order valence-corrected chi connectivity index (χ0v) is 14.4. The van der Waals surface area contributed by atoms with Gasteiger partial charge < -0.3 is 4.90 Å². The largest absolute Gasteiger partial charge is 0.334 e. The van der Waals surface area contributed by atoms with Gasteiger partial charge in [0.1, 0.15) is 5.69 Å². The zero-order valence-electron chi connectivity index (χ0n) is 12.8. The highest BCUT2D eigenvalue weighted by molar-refractivity contribution is 9.10. The fourth-order valence-corrected chi connectivity index (χ4v) is 3.19. The molecule has 1 aromatic heterocycles. The Labute approximate surface area is 148 Å². The summed E-state index contributed by atoms with van der Waals surface area (Å²) in [5.74, 6) is 0.0518. The highest BCUT2D eigenvalue weighted by atomic mass is 79.9. The van der Waals surface area contributed by atoms with Crippen molar-refractivity contribution in [3.05, 3.63) is 70.8 Å². The first-order chi connectivity index (χ1) is 11.7. The Bertz CT molecular complexity index is 871. The summed E-state index contributed by atoms with van der Waals surface area (Å²) in [5, 5.41) is 8.45. The lowest BCUT2D eigenvalue weighted by Gasteiger charge is -2.38. The van der Waals surface area contributed by atoms with E-state index in [0.29, 0.717) is 18.7 Å². The van der Waals surface area contributed by atoms with Crippen molar-refractivity contribution in [2.75, 3.05) is 13.1 Å². The first-order valence-electron chi connectivity index (χ1n) is 7.73. The van der Waals surface area contributed by atoms with E-state index in [2.05, 4.69) is 26.2 Å². The molecule has 0 radical (unpaired) electrons. The second-order valence-electron chi connectivity index (χ2n) is 5.82. The van der Waals surface area contributed by atoms with Gasteiger partial charge in [-0.05, 0) is 18.2 Å². The maximum atomic E-state index is 12.4. The number of carbonyl (C=O) groups is 1. The topological polar surface area (TPSA) is 51.0 Å². The normalized spacial score (nSPS) is 14.5. The number of amides is 1. The molecule has 0 aliphatic carbocycles. The molecule has 120 valence electrons. The highest BCUT2D eigenvalue weighted by Crippen LogP contribution is 2.25. The van der Waals surface area contributed by atoms with E-state index >= 15 is 0 Å². The van der Waals surface area contributed by atoms with Gasteiger partial charge in [-0.1, -0.05) is 57.5 Å². The predicted octanol–water partition coefficient (Wildman–Crippen LogP) is 3.40. The van der Waals surface area contributed by atoms with Crippen molar-refractivity contribution in [2.45, 2.75) is 6.04 Å². The number of rotatable bonds is 3. The van der Waals surface area contributed by atoms with Crippen LogP contribution in [0.15, 0.2) is 65.3 Å². The number of hydrogen-bond acceptors (Lipinski definition) is 3. The SMILES string of the molecule is O=C(c1cccc(Br)c1)N1CC(n2cc(-c3ccccc3)nn2)C1. The molecule has 1 saturated heterocycles. The number of halogens is 1. The minimum atomic E-state index is 0.0518. The van der Waals surface area contributed by atoms with Crippen LogP contribution in [0.4, 0.5) is 0 Å². The summed E-state index contributed by atoms with van der Waals surface area (Å²) in [5.41, 5.74) is 2.60. The monoisotopic (exact) mass is 382 g/mol. The van der Waals surface area contributed by atoms with Crippen LogP contribution < -0.4 is 0 Å². The predicted molar refractivity (Wildman–Crippen MR) is 94.5 cm³/mol. The molecular weight excluding hydrogens is 368 g/mol. The molecule has 5 nitrogen and oxygen atoms in total. The average Bonchev–Trinajstić information content (AvgIpc) is 3.04. The second kappa shape index (κ2) is 6.20. The van der Waals surface area contributed by atoms with Crippen LogP contribution in [0.3, 0.4) is 0 Å². The first-order valence-corrected chi connectivity index (χ1v) is 8.52. The second-order valence-corrected chi connectivity index (χ2v) is 6.74. The van der Waals surface area contributed by atoms with E-state index < -0.39 is 0 Å². The number of carbonyl (C=O) groups excluding carboxylic acids is 1. The minimum Gasteiger partial charge on any atom is -0.334 e. The van der Waals surface area contributed by atoms with Crippen LogP contribution in [0.2, 0.25) is 0 Å². The van der Waals surface area contributed by atoms with E-state index in [-0.39, 0.29) is 11.9 Å².